The molecule has 1 fully saturated rings. The Morgan fingerprint density at radius 1 is 1.00 bits per heavy atom. The number of carboxylic acids is 1. The standard InChI is InChI=1S/C29H36N2O5S/c1-3-4-28(29(32)33)30-37(34,35)31-17-15-24(16-18-31)23-10-7-21(8-11-23)5-6-22-9-12-26-20-27(36-2)14-13-25(26)19-22/h7-14,19-20,24,28,30H,3-6,15-18H2,1-2H3,(H,32,33)/t28-/m0/s1. The van der Waals surface area contributed by atoms with E-state index in [1.165, 1.54) is 31.8 Å². The minimum atomic E-state index is -3.82. The minimum absolute atomic E-state index is 0.271. The first-order valence-corrected chi connectivity index (χ1v) is 14.4. The maximum atomic E-state index is 12.7. The van der Waals surface area contributed by atoms with E-state index in [1.807, 2.05) is 19.1 Å². The van der Waals surface area contributed by atoms with Crippen LogP contribution in [0.25, 0.3) is 10.8 Å². The maximum Gasteiger partial charge on any atom is 0.321 e. The van der Waals surface area contributed by atoms with E-state index in [-0.39, 0.29) is 6.42 Å². The highest BCUT2D eigenvalue weighted by atomic mass is 32.2. The van der Waals surface area contributed by atoms with Crippen LogP contribution in [0.15, 0.2) is 60.7 Å². The Morgan fingerprint density at radius 3 is 2.27 bits per heavy atom. The van der Waals surface area contributed by atoms with Crippen molar-refractivity contribution in [3.63, 3.8) is 0 Å². The lowest BCUT2D eigenvalue weighted by molar-refractivity contribution is -0.139. The van der Waals surface area contributed by atoms with Gasteiger partial charge < -0.3 is 9.84 Å². The molecule has 0 aromatic heterocycles. The topological polar surface area (TPSA) is 95.9 Å². The van der Waals surface area contributed by atoms with Gasteiger partial charge in [-0.05, 0) is 77.6 Å². The molecular formula is C29H36N2O5S. The number of nitrogens with one attached hydrogen (secondary N) is 1. The van der Waals surface area contributed by atoms with Crippen molar-refractivity contribution in [2.75, 3.05) is 20.2 Å². The quantitative estimate of drug-likeness (QED) is 0.372. The number of fused-ring (bicyclic) bond motifs is 1. The first-order valence-electron chi connectivity index (χ1n) is 12.9. The summed E-state index contributed by atoms with van der Waals surface area (Å²) in [5, 5.41) is 11.7. The second-order valence-electron chi connectivity index (χ2n) is 9.76. The molecule has 8 heteroatoms. The summed E-state index contributed by atoms with van der Waals surface area (Å²) >= 11 is 0. The van der Waals surface area contributed by atoms with Gasteiger partial charge in [0.1, 0.15) is 11.8 Å². The molecule has 0 bridgehead atoms. The third-order valence-corrected chi connectivity index (χ3v) is 8.85. The van der Waals surface area contributed by atoms with Gasteiger partial charge in [-0.25, -0.2) is 0 Å². The average molecular weight is 525 g/mol. The number of piperidine rings is 1. The monoisotopic (exact) mass is 524 g/mol. The van der Waals surface area contributed by atoms with E-state index in [0.717, 1.165) is 18.6 Å². The molecule has 0 saturated carbocycles. The van der Waals surface area contributed by atoms with E-state index >= 15 is 0 Å². The van der Waals surface area contributed by atoms with E-state index in [1.54, 1.807) is 7.11 Å². The van der Waals surface area contributed by atoms with Crippen LogP contribution in [0.5, 0.6) is 5.75 Å². The lowest BCUT2D eigenvalue weighted by atomic mass is 9.89. The Hall–Kier alpha value is -2.94. The molecule has 1 saturated heterocycles. The van der Waals surface area contributed by atoms with E-state index < -0.39 is 22.2 Å². The molecule has 0 amide bonds. The van der Waals surface area contributed by atoms with Crippen LogP contribution in [0.1, 0.15) is 55.2 Å². The molecule has 1 atom stereocenters. The second-order valence-corrected chi connectivity index (χ2v) is 11.5. The second kappa shape index (κ2) is 12.1. The highest BCUT2D eigenvalue weighted by molar-refractivity contribution is 7.87. The van der Waals surface area contributed by atoms with Crippen molar-refractivity contribution in [2.45, 2.75) is 57.4 Å². The Balaban J connectivity index is 1.30. The Labute approximate surface area is 219 Å². The number of carboxylic acid groups (broad SMARTS) is 1. The average Bonchev–Trinajstić information content (AvgIpc) is 2.91. The van der Waals surface area contributed by atoms with Crippen LogP contribution in [0.3, 0.4) is 0 Å². The van der Waals surface area contributed by atoms with Crippen LogP contribution in [-0.2, 0) is 27.8 Å². The van der Waals surface area contributed by atoms with Gasteiger partial charge in [-0.15, -0.1) is 0 Å². The number of hydrogen-bond acceptors (Lipinski definition) is 4. The van der Waals surface area contributed by atoms with Gasteiger partial charge in [0.15, 0.2) is 0 Å². The molecule has 1 heterocycles. The lowest BCUT2D eigenvalue weighted by Gasteiger charge is -2.32. The highest BCUT2D eigenvalue weighted by Crippen LogP contribution is 2.29. The van der Waals surface area contributed by atoms with Gasteiger partial charge in [0.25, 0.3) is 10.2 Å². The molecule has 4 rings (SSSR count). The van der Waals surface area contributed by atoms with Gasteiger partial charge in [-0.1, -0.05) is 61.9 Å². The maximum absolute atomic E-state index is 12.7. The summed E-state index contributed by atoms with van der Waals surface area (Å²) in [6, 6.07) is 20.3. The van der Waals surface area contributed by atoms with Gasteiger partial charge in [-0.3, -0.25) is 4.79 Å². The smallest absolute Gasteiger partial charge is 0.321 e. The summed E-state index contributed by atoms with van der Waals surface area (Å²) in [7, 11) is -2.14. The molecule has 0 unspecified atom stereocenters. The third-order valence-electron chi connectivity index (χ3n) is 7.23. The molecule has 0 spiro atoms. The molecule has 37 heavy (non-hydrogen) atoms. The van der Waals surface area contributed by atoms with Gasteiger partial charge in [-0.2, -0.15) is 17.4 Å². The molecule has 1 aliphatic heterocycles. The van der Waals surface area contributed by atoms with Crippen molar-refractivity contribution >= 4 is 27.0 Å². The molecule has 198 valence electrons. The Kier molecular flexibility index (Phi) is 8.84. The number of aryl methyl sites for hydroxylation is 2. The molecule has 7 nitrogen and oxygen atoms in total. The van der Waals surface area contributed by atoms with E-state index in [4.69, 9.17) is 4.74 Å². The number of benzene rings is 3. The van der Waals surface area contributed by atoms with Crippen molar-refractivity contribution in [3.8, 4) is 5.75 Å². The summed E-state index contributed by atoms with van der Waals surface area (Å²) in [4.78, 5) is 11.4. The first kappa shape index (κ1) is 27.1. The van der Waals surface area contributed by atoms with Crippen LogP contribution in [0.2, 0.25) is 0 Å². The van der Waals surface area contributed by atoms with Gasteiger partial charge >= 0.3 is 5.97 Å². The molecule has 0 aliphatic carbocycles. The third kappa shape index (κ3) is 6.89. The zero-order chi connectivity index (χ0) is 26.4. The SMILES string of the molecule is CCC[C@H](NS(=O)(=O)N1CCC(c2ccc(CCc3ccc4cc(OC)ccc4c3)cc2)CC1)C(=O)O. The van der Waals surface area contributed by atoms with Crippen LogP contribution in [0, 0.1) is 0 Å². The molecule has 1 aliphatic rings. The molecule has 3 aromatic rings. The zero-order valence-electron chi connectivity index (χ0n) is 21.5. The molecule has 3 aromatic carbocycles. The largest absolute Gasteiger partial charge is 0.497 e. The lowest BCUT2D eigenvalue weighted by Crippen LogP contribution is -2.50. The fourth-order valence-corrected chi connectivity index (χ4v) is 6.43. The van der Waals surface area contributed by atoms with E-state index in [2.05, 4.69) is 53.3 Å². The summed E-state index contributed by atoms with van der Waals surface area (Å²) < 4.78 is 34.4. The van der Waals surface area contributed by atoms with Crippen LogP contribution in [-0.4, -0.2) is 50.0 Å². The molecule has 0 radical (unpaired) electrons. The fourth-order valence-electron chi connectivity index (χ4n) is 5.01. The first-order chi connectivity index (χ1) is 17.8. The number of hydrogen-bond donors (Lipinski definition) is 2. The number of carbonyl (C=O) groups is 1. The molecule has 2 N–H and O–H groups in total. The molecular weight excluding hydrogens is 488 g/mol. The number of ether oxygens (including phenoxy) is 1. The van der Waals surface area contributed by atoms with Crippen molar-refractivity contribution in [2.24, 2.45) is 0 Å². The number of aliphatic carboxylic acids is 1. The van der Waals surface area contributed by atoms with E-state index in [0.29, 0.717) is 38.3 Å². The number of nitrogens with zero attached hydrogens (tertiary/aromatic N) is 1. The predicted molar refractivity (Wildman–Crippen MR) is 146 cm³/mol. The normalized spacial score (nSPS) is 16.1. The summed E-state index contributed by atoms with van der Waals surface area (Å²) in [5.41, 5.74) is 3.80. The highest BCUT2D eigenvalue weighted by Gasteiger charge is 2.32. The van der Waals surface area contributed by atoms with Crippen LogP contribution >= 0.6 is 0 Å². The minimum Gasteiger partial charge on any atom is -0.497 e. The van der Waals surface area contributed by atoms with Crippen LogP contribution in [0.4, 0.5) is 0 Å². The zero-order valence-corrected chi connectivity index (χ0v) is 22.3. The summed E-state index contributed by atoms with van der Waals surface area (Å²) in [5.74, 6) is 0.0219. The van der Waals surface area contributed by atoms with Crippen molar-refractivity contribution in [1.29, 1.82) is 0 Å². The van der Waals surface area contributed by atoms with Crippen molar-refractivity contribution < 1.29 is 23.1 Å². The summed E-state index contributed by atoms with van der Waals surface area (Å²) in [6.07, 6.45) is 4.21. The van der Waals surface area contributed by atoms with Crippen molar-refractivity contribution in [3.05, 3.63) is 77.4 Å². The van der Waals surface area contributed by atoms with Gasteiger partial charge in [0, 0.05) is 13.1 Å². The van der Waals surface area contributed by atoms with Gasteiger partial charge in [0.05, 0.1) is 7.11 Å². The number of methoxy groups -OCH3 is 1. The van der Waals surface area contributed by atoms with Gasteiger partial charge in [0.2, 0.25) is 0 Å². The Morgan fingerprint density at radius 2 is 1.62 bits per heavy atom. The van der Waals surface area contributed by atoms with Crippen LogP contribution < -0.4 is 9.46 Å². The number of rotatable bonds is 11. The van der Waals surface area contributed by atoms with E-state index in [9.17, 15) is 18.3 Å². The predicted octanol–water partition coefficient (Wildman–Crippen LogP) is 4.90. The Bertz CT molecular complexity index is 1320. The van der Waals surface area contributed by atoms with Crippen molar-refractivity contribution in [1.82, 2.24) is 9.03 Å². The summed E-state index contributed by atoms with van der Waals surface area (Å²) in [6.45, 7) is 2.60. The fraction of sp³-hybridized carbons (Fsp3) is 0.414.